The highest BCUT2D eigenvalue weighted by molar-refractivity contribution is 7.36. The van der Waals surface area contributed by atoms with E-state index in [4.69, 9.17) is 19.7 Å². The number of ether oxygens (including phenoxy) is 2. The maximum Gasteiger partial charge on any atom is 0.613 e. The van der Waals surface area contributed by atoms with Gasteiger partial charge in [-0.05, 0) is 43.2 Å². The first kappa shape index (κ1) is 26.2. The summed E-state index contributed by atoms with van der Waals surface area (Å²) in [5.74, 6) is -3.79. The van der Waals surface area contributed by atoms with Gasteiger partial charge < -0.3 is 20.3 Å². The second kappa shape index (κ2) is 12.3. The van der Waals surface area contributed by atoms with E-state index in [2.05, 4.69) is 10.1 Å². The molecule has 1 fully saturated rings. The van der Waals surface area contributed by atoms with Crippen molar-refractivity contribution in [1.29, 1.82) is 0 Å². The summed E-state index contributed by atoms with van der Waals surface area (Å²) in [4.78, 5) is 27.1. The van der Waals surface area contributed by atoms with Gasteiger partial charge in [-0.2, -0.15) is 4.98 Å². The number of hydrogen-bond acceptors (Lipinski definition) is 9. The number of anilines is 1. The average molecular weight is 481 g/mol. The van der Waals surface area contributed by atoms with Crippen LogP contribution in [0.25, 0.3) is 0 Å². The second-order valence-electron chi connectivity index (χ2n) is 7.35. The molecule has 0 saturated heterocycles. The Morgan fingerprint density at radius 2 is 2.16 bits per heavy atom. The number of hydrogen-bond donors (Lipinski definition) is 3. The van der Waals surface area contributed by atoms with Gasteiger partial charge in [-0.1, -0.05) is 11.5 Å². The molecule has 4 atom stereocenters. The van der Waals surface area contributed by atoms with Crippen molar-refractivity contribution >= 4 is 20.0 Å². The van der Waals surface area contributed by atoms with Crippen LogP contribution in [-0.2, 0) is 23.4 Å². The van der Waals surface area contributed by atoms with Crippen LogP contribution in [0.15, 0.2) is 17.1 Å². The molecule has 32 heavy (non-hydrogen) atoms. The highest BCUT2D eigenvalue weighted by atomic mass is 31.1. The van der Waals surface area contributed by atoms with Crippen LogP contribution < -0.4 is 16.5 Å². The van der Waals surface area contributed by atoms with Gasteiger partial charge >= 0.3 is 19.8 Å². The van der Waals surface area contributed by atoms with Crippen molar-refractivity contribution < 1.29 is 37.2 Å². The molecule has 1 aliphatic rings. The lowest BCUT2D eigenvalue weighted by molar-refractivity contribution is -0.260. The summed E-state index contributed by atoms with van der Waals surface area (Å²) in [7, 11) is -2.74. The molecule has 0 bridgehead atoms. The van der Waals surface area contributed by atoms with Crippen molar-refractivity contribution in [3.05, 3.63) is 22.7 Å². The van der Waals surface area contributed by atoms with E-state index in [0.717, 1.165) is 45.2 Å². The summed E-state index contributed by atoms with van der Waals surface area (Å²) >= 11 is 0. The minimum atomic E-state index is -3.03. The lowest BCUT2D eigenvalue weighted by atomic mass is 9.98. The van der Waals surface area contributed by atoms with Gasteiger partial charge in [0.25, 0.3) is 5.85 Å². The fourth-order valence-electron chi connectivity index (χ4n) is 3.02. The molecule has 1 unspecified atom stereocenters. The molecule has 0 spiro atoms. The molecule has 2 rings (SSSR count). The third-order valence-electron chi connectivity index (χ3n) is 4.83. The molecule has 0 amide bonds. The fraction of sp³-hybridized carbons (Fsp3) is 0.722. The molecule has 4 N–H and O–H groups in total. The molecular formula is C18H28F2N4O7P+. The molecule has 1 heterocycles. The maximum absolute atomic E-state index is 15.1. The predicted octanol–water partition coefficient (Wildman–Crippen LogP) is 1.50. The number of carbonyl (C=O) groups is 1. The molecule has 0 aromatic carbocycles. The smallest absolute Gasteiger partial charge is 0.461 e. The second-order valence-corrected chi connectivity index (χ2v) is 8.44. The van der Waals surface area contributed by atoms with Crippen LogP contribution in [0.2, 0.25) is 0 Å². The Kier molecular flexibility index (Phi) is 10.0. The number of nitrogens with zero attached hydrogens (tertiary/aromatic N) is 2. The SMILES string of the molecule is C[C@H](O)[C@@](F)(CO[P+](=O)NCC(=O)OC1CCCCC1)O[C@H](CF)n1ccc(N)nc1=O. The van der Waals surface area contributed by atoms with E-state index in [-0.39, 0.29) is 11.9 Å². The number of esters is 1. The van der Waals surface area contributed by atoms with E-state index in [1.807, 2.05) is 0 Å². The Morgan fingerprint density at radius 1 is 1.47 bits per heavy atom. The van der Waals surface area contributed by atoms with Crippen LogP contribution in [0.4, 0.5) is 14.6 Å². The number of nitrogens with one attached hydrogen (secondary N) is 1. The van der Waals surface area contributed by atoms with Crippen molar-refractivity contribution in [2.24, 2.45) is 0 Å². The highest BCUT2D eigenvalue weighted by Gasteiger charge is 2.43. The topological polar surface area (TPSA) is 155 Å². The summed E-state index contributed by atoms with van der Waals surface area (Å²) in [5, 5.41) is 12.0. The molecule has 0 radical (unpaired) electrons. The largest absolute Gasteiger partial charge is 0.613 e. The van der Waals surface area contributed by atoms with E-state index in [1.54, 1.807) is 0 Å². The van der Waals surface area contributed by atoms with E-state index >= 15 is 4.39 Å². The van der Waals surface area contributed by atoms with E-state index in [9.17, 15) is 23.7 Å². The highest BCUT2D eigenvalue weighted by Crippen LogP contribution is 2.29. The third kappa shape index (κ3) is 7.82. The van der Waals surface area contributed by atoms with Crippen molar-refractivity contribution in [3.8, 4) is 0 Å². The number of rotatable bonds is 12. The molecule has 1 aliphatic carbocycles. The lowest BCUT2D eigenvalue weighted by Crippen LogP contribution is -2.46. The standard InChI is InChI=1S/C18H27F2N4O7P/c1-12(25)18(20,31-15(9-19)24-8-7-14(21)23-17(24)27)11-29-32(28)22-10-16(26)30-13-5-3-2-4-6-13/h7-8,12-13,15,25H,2-6,9-11H2,1H3,(H2-,21,22,23,27,28)/p+1/t12-,15+,18+/m0/s1. The van der Waals surface area contributed by atoms with E-state index < -0.39 is 57.9 Å². The summed E-state index contributed by atoms with van der Waals surface area (Å²) in [5.41, 5.74) is 4.37. The van der Waals surface area contributed by atoms with Gasteiger partial charge in [0.15, 0.2) is 12.8 Å². The van der Waals surface area contributed by atoms with Crippen molar-refractivity contribution in [1.82, 2.24) is 14.6 Å². The van der Waals surface area contributed by atoms with Crippen LogP contribution in [0.3, 0.4) is 0 Å². The molecule has 1 saturated carbocycles. The normalized spacial score (nSPS) is 19.1. The number of aromatic nitrogens is 2. The van der Waals surface area contributed by atoms with Gasteiger partial charge in [-0.15, -0.1) is 4.52 Å². The van der Waals surface area contributed by atoms with Gasteiger partial charge in [0, 0.05) is 6.20 Å². The lowest BCUT2D eigenvalue weighted by Gasteiger charge is -2.30. The summed E-state index contributed by atoms with van der Waals surface area (Å²) < 4.78 is 56.3. The van der Waals surface area contributed by atoms with E-state index in [1.165, 1.54) is 6.07 Å². The van der Waals surface area contributed by atoms with Crippen LogP contribution in [0, 0.1) is 0 Å². The van der Waals surface area contributed by atoms with Crippen LogP contribution in [0.1, 0.15) is 45.3 Å². The van der Waals surface area contributed by atoms with Gasteiger partial charge in [-0.3, -0.25) is 9.36 Å². The Labute approximate surface area is 184 Å². The minimum Gasteiger partial charge on any atom is -0.461 e. The Morgan fingerprint density at radius 3 is 2.75 bits per heavy atom. The Bertz CT molecular complexity index is 838. The Hall–Kier alpha value is -2.05. The van der Waals surface area contributed by atoms with Gasteiger partial charge in [0.1, 0.15) is 31.2 Å². The van der Waals surface area contributed by atoms with E-state index in [0.29, 0.717) is 4.57 Å². The molecule has 0 aliphatic heterocycles. The van der Waals surface area contributed by atoms with Crippen molar-refractivity contribution in [3.63, 3.8) is 0 Å². The number of aliphatic hydroxyl groups is 1. The zero-order valence-electron chi connectivity index (χ0n) is 17.6. The quantitative estimate of drug-likeness (QED) is 0.295. The molecule has 1 aromatic rings. The van der Waals surface area contributed by atoms with Gasteiger partial charge in [0.05, 0.1) is 0 Å². The van der Waals surface area contributed by atoms with Crippen molar-refractivity contribution in [2.75, 3.05) is 25.6 Å². The summed E-state index contributed by atoms with van der Waals surface area (Å²) in [6.45, 7) is -1.86. The Balaban J connectivity index is 1.89. The number of nitrogens with two attached hydrogens (primary N) is 1. The number of carbonyl (C=O) groups excluding carboxylic acids is 1. The average Bonchev–Trinajstić information content (AvgIpc) is 2.75. The van der Waals surface area contributed by atoms with Crippen molar-refractivity contribution in [2.45, 2.75) is 63.3 Å². The zero-order chi connectivity index (χ0) is 23.7. The molecule has 1 aromatic heterocycles. The number of alkyl halides is 2. The molecule has 11 nitrogen and oxygen atoms in total. The molecular weight excluding hydrogens is 453 g/mol. The number of halogens is 2. The van der Waals surface area contributed by atoms with Gasteiger partial charge in [0.2, 0.25) is 0 Å². The van der Waals surface area contributed by atoms with Crippen LogP contribution in [-0.4, -0.2) is 58.5 Å². The van der Waals surface area contributed by atoms with Crippen LogP contribution in [0.5, 0.6) is 0 Å². The summed E-state index contributed by atoms with van der Waals surface area (Å²) in [6.07, 6.45) is 1.80. The monoisotopic (exact) mass is 481 g/mol. The fourth-order valence-corrected chi connectivity index (χ4v) is 3.66. The summed E-state index contributed by atoms with van der Waals surface area (Å²) in [6, 6.07) is 1.18. The minimum absolute atomic E-state index is 0.126. The zero-order valence-corrected chi connectivity index (χ0v) is 18.5. The number of aliphatic hydroxyl groups excluding tert-OH is 1. The first-order valence-electron chi connectivity index (χ1n) is 10.1. The predicted molar refractivity (Wildman–Crippen MR) is 109 cm³/mol. The third-order valence-corrected chi connectivity index (χ3v) is 5.61. The first-order valence-corrected chi connectivity index (χ1v) is 11.3. The maximum atomic E-state index is 15.1. The molecule has 14 heteroatoms. The van der Waals surface area contributed by atoms with Gasteiger partial charge in [-0.25, -0.2) is 13.6 Å². The van der Waals surface area contributed by atoms with Crippen LogP contribution >= 0.6 is 8.18 Å². The number of nitrogen functional groups attached to an aromatic ring is 1. The molecule has 180 valence electrons. The first-order chi connectivity index (χ1) is 15.1.